The molecule has 0 bridgehead atoms. The molecule has 1 saturated heterocycles. The number of aromatic nitrogens is 1. The molecule has 6 heteroatoms. The molecule has 0 unspecified atom stereocenters. The molecule has 0 aliphatic carbocycles. The second kappa shape index (κ2) is 4.16. The summed E-state index contributed by atoms with van der Waals surface area (Å²) in [5.41, 5.74) is 0.631. The first kappa shape index (κ1) is 10.4. The monoisotopic (exact) mass is 240 g/mol. The van der Waals surface area contributed by atoms with E-state index in [9.17, 15) is 4.79 Å². The molecule has 1 amide bonds. The van der Waals surface area contributed by atoms with Crippen LogP contribution in [0.1, 0.15) is 12.6 Å². The van der Waals surface area contributed by atoms with E-state index in [1.165, 1.54) is 18.0 Å². The Balaban J connectivity index is 2.26. The third kappa shape index (κ3) is 1.95. The average Bonchev–Trinajstić information content (AvgIpc) is 2.78. The fraction of sp³-hybridized carbons (Fsp3) is 0.222. The van der Waals surface area contributed by atoms with Gasteiger partial charge in [-0.3, -0.25) is 9.69 Å². The highest BCUT2D eigenvalue weighted by Gasteiger charge is 2.30. The Kier molecular flexibility index (Phi) is 2.88. The predicted octanol–water partition coefficient (Wildman–Crippen LogP) is 1.90. The molecule has 0 aromatic carbocycles. The van der Waals surface area contributed by atoms with Crippen molar-refractivity contribution in [1.29, 1.82) is 0 Å². The van der Waals surface area contributed by atoms with E-state index in [4.69, 9.17) is 12.2 Å². The fourth-order valence-electron chi connectivity index (χ4n) is 1.20. The van der Waals surface area contributed by atoms with Crippen molar-refractivity contribution >= 4 is 40.3 Å². The summed E-state index contributed by atoms with van der Waals surface area (Å²) in [6, 6.07) is 1.69. The smallest absolute Gasteiger partial charge is 0.266 e. The quantitative estimate of drug-likeness (QED) is 0.583. The second-order valence-corrected chi connectivity index (χ2v) is 4.53. The van der Waals surface area contributed by atoms with Crippen molar-refractivity contribution in [2.45, 2.75) is 6.92 Å². The average molecular weight is 240 g/mol. The lowest BCUT2D eigenvalue weighted by atomic mass is 10.3. The molecule has 0 N–H and O–H groups in total. The first-order valence-electron chi connectivity index (χ1n) is 4.38. The van der Waals surface area contributed by atoms with Crippen molar-refractivity contribution in [2.24, 2.45) is 0 Å². The number of rotatable bonds is 2. The molecule has 2 heterocycles. The third-order valence-corrected chi connectivity index (χ3v) is 3.30. The number of thiocarbonyl (C=S) groups is 1. The summed E-state index contributed by atoms with van der Waals surface area (Å²) < 4.78 is 5.27. The molecule has 4 nitrogen and oxygen atoms in total. The van der Waals surface area contributed by atoms with Gasteiger partial charge in [-0.05, 0) is 13.0 Å². The molecule has 0 saturated carbocycles. The van der Waals surface area contributed by atoms with Gasteiger partial charge in [-0.15, -0.1) is 0 Å². The van der Waals surface area contributed by atoms with Crippen LogP contribution >= 0.6 is 24.0 Å². The molecule has 1 aliphatic rings. The molecular formula is C9H8N2O2S2. The SMILES string of the molecule is CCN1C(=O)/C(=C/c2ccon2)SC1=S. The minimum atomic E-state index is -0.0597. The number of amides is 1. The molecule has 15 heavy (non-hydrogen) atoms. The summed E-state index contributed by atoms with van der Waals surface area (Å²) in [5.74, 6) is -0.0597. The first-order chi connectivity index (χ1) is 7.22. The van der Waals surface area contributed by atoms with Gasteiger partial charge in [0.1, 0.15) is 16.3 Å². The number of carbonyl (C=O) groups excluding carboxylic acids is 1. The normalized spacial score (nSPS) is 19.3. The molecule has 0 radical (unpaired) electrons. The van der Waals surface area contributed by atoms with Crippen LogP contribution in [0.2, 0.25) is 0 Å². The molecule has 0 spiro atoms. The van der Waals surface area contributed by atoms with Crippen LogP contribution in [-0.4, -0.2) is 26.8 Å². The largest absolute Gasteiger partial charge is 0.364 e. The van der Waals surface area contributed by atoms with Crippen LogP contribution in [-0.2, 0) is 4.79 Å². The van der Waals surface area contributed by atoms with Crippen LogP contribution in [0, 0.1) is 0 Å². The van der Waals surface area contributed by atoms with Crippen LogP contribution in [0.4, 0.5) is 0 Å². The lowest BCUT2D eigenvalue weighted by Gasteiger charge is -2.09. The van der Waals surface area contributed by atoms with E-state index >= 15 is 0 Å². The maximum Gasteiger partial charge on any atom is 0.266 e. The summed E-state index contributed by atoms with van der Waals surface area (Å²) in [7, 11) is 0. The summed E-state index contributed by atoms with van der Waals surface area (Å²) in [6.07, 6.45) is 3.14. The number of hydrogen-bond acceptors (Lipinski definition) is 5. The molecule has 1 aromatic rings. The Morgan fingerprint density at radius 1 is 1.73 bits per heavy atom. The molecule has 0 atom stereocenters. The van der Waals surface area contributed by atoms with Gasteiger partial charge >= 0.3 is 0 Å². The predicted molar refractivity (Wildman–Crippen MR) is 62.1 cm³/mol. The third-order valence-electron chi connectivity index (χ3n) is 1.93. The molecule has 1 aliphatic heterocycles. The van der Waals surface area contributed by atoms with Crippen molar-refractivity contribution in [3.63, 3.8) is 0 Å². The molecule has 1 aromatic heterocycles. The number of nitrogens with zero attached hydrogens (tertiary/aromatic N) is 2. The number of thioether (sulfide) groups is 1. The Bertz CT molecular complexity index is 425. The zero-order chi connectivity index (χ0) is 10.8. The molecule has 1 fully saturated rings. The summed E-state index contributed by atoms with van der Waals surface area (Å²) in [6.45, 7) is 2.49. The van der Waals surface area contributed by atoms with E-state index in [2.05, 4.69) is 9.68 Å². The van der Waals surface area contributed by atoms with Gasteiger partial charge in [0, 0.05) is 12.6 Å². The zero-order valence-corrected chi connectivity index (χ0v) is 9.60. The van der Waals surface area contributed by atoms with Gasteiger partial charge in [-0.1, -0.05) is 29.1 Å². The standard InChI is InChI=1S/C9H8N2O2S2/c1-2-11-8(12)7(15-9(11)14)5-6-3-4-13-10-6/h3-5H,2H2,1H3/b7-5-. The maximum absolute atomic E-state index is 11.8. The lowest BCUT2D eigenvalue weighted by Crippen LogP contribution is -2.27. The van der Waals surface area contributed by atoms with Crippen LogP contribution in [0.15, 0.2) is 21.8 Å². The van der Waals surface area contributed by atoms with Crippen molar-refractivity contribution in [3.8, 4) is 0 Å². The van der Waals surface area contributed by atoms with Gasteiger partial charge < -0.3 is 4.52 Å². The number of hydrogen-bond donors (Lipinski definition) is 0. The zero-order valence-electron chi connectivity index (χ0n) is 7.97. The Labute approximate surface area is 96.3 Å². The Morgan fingerprint density at radius 2 is 2.53 bits per heavy atom. The second-order valence-electron chi connectivity index (χ2n) is 2.85. The summed E-state index contributed by atoms with van der Waals surface area (Å²) in [4.78, 5) is 13.9. The Morgan fingerprint density at radius 3 is 3.07 bits per heavy atom. The van der Waals surface area contributed by atoms with Crippen LogP contribution in [0.5, 0.6) is 0 Å². The van der Waals surface area contributed by atoms with Gasteiger partial charge in [0.15, 0.2) is 0 Å². The maximum atomic E-state index is 11.8. The molecular weight excluding hydrogens is 232 g/mol. The number of carbonyl (C=O) groups is 1. The lowest BCUT2D eigenvalue weighted by molar-refractivity contribution is -0.121. The van der Waals surface area contributed by atoms with Crippen molar-refractivity contribution < 1.29 is 9.32 Å². The van der Waals surface area contributed by atoms with E-state index in [0.717, 1.165) is 0 Å². The van der Waals surface area contributed by atoms with E-state index in [1.54, 1.807) is 17.0 Å². The van der Waals surface area contributed by atoms with E-state index < -0.39 is 0 Å². The van der Waals surface area contributed by atoms with Gasteiger partial charge in [0.25, 0.3) is 5.91 Å². The van der Waals surface area contributed by atoms with Crippen LogP contribution in [0.3, 0.4) is 0 Å². The van der Waals surface area contributed by atoms with Gasteiger partial charge in [-0.25, -0.2) is 0 Å². The number of likely N-dealkylation sites (N-methyl/N-ethyl adjacent to an activating group) is 1. The minimum absolute atomic E-state index is 0.0597. The van der Waals surface area contributed by atoms with E-state index in [0.29, 0.717) is 21.5 Å². The van der Waals surface area contributed by atoms with Crippen LogP contribution in [0.25, 0.3) is 6.08 Å². The van der Waals surface area contributed by atoms with Crippen molar-refractivity contribution in [3.05, 3.63) is 22.9 Å². The van der Waals surface area contributed by atoms with E-state index in [1.807, 2.05) is 6.92 Å². The summed E-state index contributed by atoms with van der Waals surface area (Å²) in [5, 5.41) is 3.71. The van der Waals surface area contributed by atoms with Gasteiger partial charge in [0.05, 0.1) is 4.91 Å². The molecule has 2 rings (SSSR count). The highest BCUT2D eigenvalue weighted by molar-refractivity contribution is 8.26. The van der Waals surface area contributed by atoms with Crippen LogP contribution < -0.4 is 0 Å². The summed E-state index contributed by atoms with van der Waals surface area (Å²) >= 11 is 6.36. The van der Waals surface area contributed by atoms with Gasteiger partial charge in [0.2, 0.25) is 0 Å². The van der Waals surface area contributed by atoms with Gasteiger partial charge in [-0.2, -0.15) is 0 Å². The van der Waals surface area contributed by atoms with Crippen molar-refractivity contribution in [2.75, 3.05) is 6.54 Å². The van der Waals surface area contributed by atoms with Crippen molar-refractivity contribution in [1.82, 2.24) is 10.1 Å². The highest BCUT2D eigenvalue weighted by Crippen LogP contribution is 2.31. The fourth-order valence-corrected chi connectivity index (χ4v) is 2.57. The topological polar surface area (TPSA) is 46.3 Å². The molecule has 78 valence electrons. The highest BCUT2D eigenvalue weighted by atomic mass is 32.2. The Hall–Kier alpha value is -1.14. The minimum Gasteiger partial charge on any atom is -0.364 e. The van der Waals surface area contributed by atoms with E-state index in [-0.39, 0.29) is 5.91 Å². The first-order valence-corrected chi connectivity index (χ1v) is 5.60.